The first-order chi connectivity index (χ1) is 6.49. The van der Waals surface area contributed by atoms with Crippen LogP contribution in [-0.2, 0) is 9.53 Å². The highest BCUT2D eigenvalue weighted by molar-refractivity contribution is 9.25. The zero-order valence-corrected chi connectivity index (χ0v) is 11.5. The lowest BCUT2D eigenvalue weighted by Gasteiger charge is -2.32. The van der Waals surface area contributed by atoms with Crippen molar-refractivity contribution in [3.8, 4) is 0 Å². The first kappa shape index (κ1) is 12.5. The lowest BCUT2D eigenvalue weighted by Crippen LogP contribution is -2.46. The zero-order valence-electron chi connectivity index (χ0n) is 8.30. The number of hydrogen-bond acceptors (Lipinski definition) is 3. The van der Waals surface area contributed by atoms with E-state index in [0.717, 1.165) is 12.8 Å². The molecule has 1 N–H and O–H groups in total. The molecule has 0 radical (unpaired) electrons. The van der Waals surface area contributed by atoms with Crippen molar-refractivity contribution in [3.63, 3.8) is 0 Å². The second kappa shape index (κ2) is 5.47. The van der Waals surface area contributed by atoms with E-state index in [1.807, 2.05) is 0 Å². The molecule has 0 amide bonds. The quantitative estimate of drug-likeness (QED) is 0.623. The second-order valence-electron chi connectivity index (χ2n) is 3.80. The fraction of sp³-hybridized carbons (Fsp3) is 0.889. The van der Waals surface area contributed by atoms with E-state index in [1.54, 1.807) is 0 Å². The summed E-state index contributed by atoms with van der Waals surface area (Å²) < 4.78 is 4.93. The van der Waals surface area contributed by atoms with E-state index in [-0.39, 0.29) is 12.1 Å². The van der Waals surface area contributed by atoms with Crippen molar-refractivity contribution in [1.29, 1.82) is 0 Å². The van der Waals surface area contributed by atoms with Crippen LogP contribution in [0.3, 0.4) is 0 Å². The van der Waals surface area contributed by atoms with Crippen molar-refractivity contribution in [1.82, 2.24) is 5.32 Å². The molecule has 5 heteroatoms. The minimum Gasteiger partial charge on any atom is -0.461 e. The van der Waals surface area contributed by atoms with Gasteiger partial charge in [0.1, 0.15) is 6.10 Å². The Hall–Kier alpha value is 0.390. The third-order valence-corrected chi connectivity index (χ3v) is 3.01. The van der Waals surface area contributed by atoms with E-state index in [1.165, 1.54) is 0 Å². The number of carbonyl (C=O) groups excluding carboxylic acids is 1. The van der Waals surface area contributed by atoms with Gasteiger partial charge in [-0.1, -0.05) is 31.9 Å². The van der Waals surface area contributed by atoms with Gasteiger partial charge < -0.3 is 10.1 Å². The summed E-state index contributed by atoms with van der Waals surface area (Å²) in [4.78, 5) is 11.3. The number of ether oxygens (including phenoxy) is 1. The first-order valence-electron chi connectivity index (χ1n) is 4.73. The highest BCUT2D eigenvalue weighted by atomic mass is 79.9. The second-order valence-corrected chi connectivity index (χ2v) is 6.86. The Morgan fingerprint density at radius 2 is 1.86 bits per heavy atom. The molecule has 0 aromatic heterocycles. The number of carbonyl (C=O) groups is 1. The maximum atomic E-state index is 11.3. The molecule has 1 aliphatic heterocycles. The summed E-state index contributed by atoms with van der Waals surface area (Å²) in [5.41, 5.74) is 0. The summed E-state index contributed by atoms with van der Waals surface area (Å²) in [7, 11) is 0. The Morgan fingerprint density at radius 1 is 1.36 bits per heavy atom. The molecule has 1 heterocycles. The Bertz CT molecular complexity index is 201. The number of rotatable bonds is 2. The van der Waals surface area contributed by atoms with Crippen LogP contribution in [0.2, 0.25) is 0 Å². The zero-order chi connectivity index (χ0) is 10.7. The van der Waals surface area contributed by atoms with Crippen molar-refractivity contribution in [2.75, 3.05) is 0 Å². The Kier molecular flexibility index (Phi) is 4.87. The van der Waals surface area contributed by atoms with Crippen LogP contribution in [0.1, 0.15) is 26.7 Å². The van der Waals surface area contributed by atoms with E-state index >= 15 is 0 Å². The molecule has 82 valence electrons. The molecule has 0 saturated carbocycles. The van der Waals surface area contributed by atoms with Crippen LogP contribution in [-0.4, -0.2) is 27.9 Å². The van der Waals surface area contributed by atoms with Gasteiger partial charge in [-0.25, -0.2) is 4.79 Å². The van der Waals surface area contributed by atoms with E-state index < -0.39 is 3.74 Å². The average Bonchev–Trinajstić information content (AvgIpc) is 2.01. The molecule has 1 fully saturated rings. The van der Waals surface area contributed by atoms with Crippen LogP contribution in [0.5, 0.6) is 0 Å². The van der Waals surface area contributed by atoms with Gasteiger partial charge in [-0.05, 0) is 26.7 Å². The summed E-state index contributed by atoms with van der Waals surface area (Å²) in [6.07, 6.45) is 1.83. The van der Waals surface area contributed by atoms with E-state index in [0.29, 0.717) is 12.1 Å². The number of halogens is 2. The predicted molar refractivity (Wildman–Crippen MR) is 62.8 cm³/mol. The van der Waals surface area contributed by atoms with Crippen LogP contribution in [0, 0.1) is 0 Å². The number of hydrogen-bond donors (Lipinski definition) is 1. The van der Waals surface area contributed by atoms with Gasteiger partial charge in [0, 0.05) is 12.1 Å². The molecule has 2 atom stereocenters. The summed E-state index contributed by atoms with van der Waals surface area (Å²) in [5.74, 6) is -0.240. The lowest BCUT2D eigenvalue weighted by molar-refractivity contribution is -0.148. The molecule has 0 aliphatic carbocycles. The van der Waals surface area contributed by atoms with Crippen molar-refractivity contribution in [2.45, 2.75) is 48.6 Å². The minimum absolute atomic E-state index is 0.0475. The minimum atomic E-state index is -0.393. The molecule has 1 saturated heterocycles. The predicted octanol–water partition coefficient (Wildman–Crippen LogP) is 2.17. The number of piperidine rings is 1. The van der Waals surface area contributed by atoms with E-state index in [9.17, 15) is 4.79 Å². The topological polar surface area (TPSA) is 38.3 Å². The molecule has 0 bridgehead atoms. The molecule has 3 nitrogen and oxygen atoms in total. The van der Waals surface area contributed by atoms with Crippen LogP contribution >= 0.6 is 31.9 Å². The summed E-state index contributed by atoms with van der Waals surface area (Å²) >= 11 is 6.25. The third-order valence-electron chi connectivity index (χ3n) is 2.26. The molecule has 2 unspecified atom stereocenters. The molecule has 1 aliphatic rings. The van der Waals surface area contributed by atoms with Crippen LogP contribution in [0.4, 0.5) is 0 Å². The van der Waals surface area contributed by atoms with E-state index in [2.05, 4.69) is 51.0 Å². The van der Waals surface area contributed by atoms with Gasteiger partial charge in [0.15, 0.2) is 3.74 Å². The smallest absolute Gasteiger partial charge is 0.330 e. The maximum absolute atomic E-state index is 11.3. The van der Waals surface area contributed by atoms with Crippen molar-refractivity contribution >= 4 is 37.8 Å². The summed E-state index contributed by atoms with van der Waals surface area (Å²) in [6.45, 7) is 4.21. The fourth-order valence-corrected chi connectivity index (χ4v) is 2.03. The van der Waals surface area contributed by atoms with Crippen molar-refractivity contribution < 1.29 is 9.53 Å². The largest absolute Gasteiger partial charge is 0.461 e. The fourth-order valence-electron chi connectivity index (χ4n) is 1.82. The Balaban J connectivity index is 2.40. The highest BCUT2D eigenvalue weighted by Crippen LogP contribution is 2.19. The third kappa shape index (κ3) is 3.87. The molecular weight excluding hydrogens is 314 g/mol. The molecular formula is C9H15Br2NO2. The van der Waals surface area contributed by atoms with Crippen LogP contribution in [0.15, 0.2) is 0 Å². The summed E-state index contributed by atoms with van der Waals surface area (Å²) in [5, 5.41) is 3.40. The SMILES string of the molecule is CC1CC(OC(=O)C(Br)Br)CC(C)N1. The van der Waals surface area contributed by atoms with Gasteiger partial charge >= 0.3 is 5.97 Å². The Morgan fingerprint density at radius 3 is 2.29 bits per heavy atom. The van der Waals surface area contributed by atoms with Gasteiger partial charge in [0.05, 0.1) is 0 Å². The highest BCUT2D eigenvalue weighted by Gasteiger charge is 2.27. The van der Waals surface area contributed by atoms with Gasteiger partial charge in [0.2, 0.25) is 0 Å². The molecule has 0 aromatic rings. The first-order valence-corrected chi connectivity index (χ1v) is 6.57. The molecule has 14 heavy (non-hydrogen) atoms. The van der Waals surface area contributed by atoms with E-state index in [4.69, 9.17) is 4.74 Å². The number of nitrogens with one attached hydrogen (secondary N) is 1. The number of esters is 1. The summed E-state index contributed by atoms with van der Waals surface area (Å²) in [6, 6.07) is 0.835. The average molecular weight is 329 g/mol. The van der Waals surface area contributed by atoms with Gasteiger partial charge in [-0.2, -0.15) is 0 Å². The van der Waals surface area contributed by atoms with Crippen LogP contribution < -0.4 is 5.32 Å². The van der Waals surface area contributed by atoms with Crippen LogP contribution in [0.25, 0.3) is 0 Å². The van der Waals surface area contributed by atoms with Gasteiger partial charge in [0.25, 0.3) is 0 Å². The molecule has 0 spiro atoms. The lowest BCUT2D eigenvalue weighted by atomic mass is 9.98. The number of alkyl halides is 2. The Labute approximate surface area is 101 Å². The molecule has 0 aromatic carbocycles. The molecule has 1 rings (SSSR count). The standard InChI is InChI=1S/C9H15Br2NO2/c1-5-3-7(4-6(2)12-5)14-9(13)8(10)11/h5-8,12H,3-4H2,1-2H3. The van der Waals surface area contributed by atoms with Crippen molar-refractivity contribution in [3.05, 3.63) is 0 Å². The normalized spacial score (nSPS) is 33.1. The van der Waals surface area contributed by atoms with Gasteiger partial charge in [-0.3, -0.25) is 0 Å². The van der Waals surface area contributed by atoms with Crippen molar-refractivity contribution in [2.24, 2.45) is 0 Å². The monoisotopic (exact) mass is 327 g/mol. The maximum Gasteiger partial charge on any atom is 0.330 e. The van der Waals surface area contributed by atoms with Gasteiger partial charge in [-0.15, -0.1) is 0 Å².